The molecule has 100 valence electrons. The van der Waals surface area contributed by atoms with Crippen molar-refractivity contribution in [2.75, 3.05) is 7.05 Å². The molecule has 2 amide bonds. The highest BCUT2D eigenvalue weighted by molar-refractivity contribution is 9.10. The van der Waals surface area contributed by atoms with Crippen LogP contribution in [0.3, 0.4) is 0 Å². The third-order valence-corrected chi connectivity index (χ3v) is 4.35. The molecule has 0 fully saturated rings. The second kappa shape index (κ2) is 5.25. The maximum Gasteiger partial charge on any atom is 0.260 e. The molecule has 0 radical (unpaired) electrons. The van der Waals surface area contributed by atoms with Crippen molar-refractivity contribution in [3.05, 3.63) is 34.9 Å². The van der Waals surface area contributed by atoms with Gasteiger partial charge in [-0.25, -0.2) is 0 Å². The number of benzene rings is 1. The van der Waals surface area contributed by atoms with Crippen LogP contribution in [-0.2, 0) is 11.2 Å². The third-order valence-electron chi connectivity index (χ3n) is 3.29. The molecule has 1 heterocycles. The second-order valence-electron chi connectivity index (χ2n) is 4.55. The molecule has 0 bridgehead atoms. The second-order valence-corrected chi connectivity index (χ2v) is 5.65. The van der Waals surface area contributed by atoms with Crippen molar-refractivity contribution in [2.45, 2.75) is 24.6 Å². The van der Waals surface area contributed by atoms with Crippen molar-refractivity contribution >= 4 is 33.5 Å². The minimum Gasteiger partial charge on any atom is -0.293 e. The van der Waals surface area contributed by atoms with E-state index in [9.17, 15) is 14.4 Å². The van der Waals surface area contributed by atoms with Crippen LogP contribution < -0.4 is 0 Å². The quantitative estimate of drug-likeness (QED) is 0.487. The number of nitrogens with zero attached hydrogens (tertiary/aromatic N) is 1. The summed E-state index contributed by atoms with van der Waals surface area (Å²) >= 11 is 3.31. The lowest BCUT2D eigenvalue weighted by atomic mass is 9.94. The van der Waals surface area contributed by atoms with E-state index in [1.165, 1.54) is 7.05 Å². The predicted molar refractivity (Wildman–Crippen MR) is 74.6 cm³/mol. The molecule has 0 saturated heterocycles. The van der Waals surface area contributed by atoms with Crippen LogP contribution in [-0.4, -0.2) is 34.4 Å². The lowest BCUT2D eigenvalue weighted by molar-refractivity contribution is -0.127. The Balaban J connectivity index is 2.42. The largest absolute Gasteiger partial charge is 0.293 e. The van der Waals surface area contributed by atoms with E-state index in [2.05, 4.69) is 15.9 Å². The fourth-order valence-corrected chi connectivity index (χ4v) is 2.29. The number of carbonyl (C=O) groups excluding carboxylic acids is 3. The number of rotatable bonds is 3. The Morgan fingerprint density at radius 1 is 1.42 bits per heavy atom. The Bertz CT molecular complexity index is 568. The highest BCUT2D eigenvalue weighted by Crippen LogP contribution is 2.22. The highest BCUT2D eigenvalue weighted by Gasteiger charge is 2.29. The Morgan fingerprint density at radius 3 is 2.74 bits per heavy atom. The van der Waals surface area contributed by atoms with Crippen LogP contribution in [0.4, 0.5) is 0 Å². The number of carbonyl (C=O) groups is 3. The van der Waals surface area contributed by atoms with Gasteiger partial charge in [-0.1, -0.05) is 35.0 Å². The molecule has 1 aliphatic rings. The zero-order valence-corrected chi connectivity index (χ0v) is 12.4. The summed E-state index contributed by atoms with van der Waals surface area (Å²) in [6, 6.07) is 4.96. The van der Waals surface area contributed by atoms with Gasteiger partial charge in [-0.05, 0) is 18.1 Å². The molecule has 1 unspecified atom stereocenters. The van der Waals surface area contributed by atoms with Crippen LogP contribution in [0, 0.1) is 0 Å². The molecule has 4 nitrogen and oxygen atoms in total. The van der Waals surface area contributed by atoms with Crippen molar-refractivity contribution < 1.29 is 14.4 Å². The predicted octanol–water partition coefficient (Wildman–Crippen LogP) is 2.20. The van der Waals surface area contributed by atoms with Gasteiger partial charge in [0.05, 0.1) is 11.2 Å². The molecule has 0 aromatic heterocycles. The number of imide groups is 1. The number of ketones is 1. The Labute approximate surface area is 119 Å². The summed E-state index contributed by atoms with van der Waals surface area (Å²) in [6.07, 6.45) is 0.889. The summed E-state index contributed by atoms with van der Waals surface area (Å²) in [4.78, 5) is 36.5. The monoisotopic (exact) mass is 323 g/mol. The van der Waals surface area contributed by atoms with E-state index < -0.39 is 0 Å². The summed E-state index contributed by atoms with van der Waals surface area (Å²) in [5.74, 6) is -0.607. The van der Waals surface area contributed by atoms with Crippen molar-refractivity contribution in [1.82, 2.24) is 4.90 Å². The van der Waals surface area contributed by atoms with E-state index in [0.29, 0.717) is 23.1 Å². The summed E-state index contributed by atoms with van der Waals surface area (Å²) in [5.41, 5.74) is 1.63. The molecule has 0 spiro atoms. The zero-order valence-electron chi connectivity index (χ0n) is 10.8. The Hall–Kier alpha value is -1.49. The van der Waals surface area contributed by atoms with Gasteiger partial charge in [0.25, 0.3) is 5.91 Å². The Kier molecular flexibility index (Phi) is 3.85. The number of amides is 2. The molecule has 1 aliphatic heterocycles. The topological polar surface area (TPSA) is 54.5 Å². The van der Waals surface area contributed by atoms with E-state index in [-0.39, 0.29) is 28.8 Å². The smallest absolute Gasteiger partial charge is 0.260 e. The lowest BCUT2D eigenvalue weighted by Crippen LogP contribution is -2.39. The van der Waals surface area contributed by atoms with Crippen LogP contribution in [0.25, 0.3) is 0 Å². The number of Topliss-reactive ketones (excluding diaryl/α,β-unsaturated/α-hetero) is 1. The number of likely N-dealkylation sites (N-methyl/N-ethyl adjacent to an activating group) is 1. The van der Waals surface area contributed by atoms with Crippen LogP contribution in [0.2, 0.25) is 0 Å². The minimum atomic E-state index is -0.344. The third kappa shape index (κ3) is 2.47. The van der Waals surface area contributed by atoms with Gasteiger partial charge < -0.3 is 0 Å². The van der Waals surface area contributed by atoms with Gasteiger partial charge in [0.1, 0.15) is 0 Å². The first-order valence-corrected chi connectivity index (χ1v) is 6.99. The average molecular weight is 324 g/mol. The molecule has 0 saturated carbocycles. The highest BCUT2D eigenvalue weighted by atomic mass is 79.9. The van der Waals surface area contributed by atoms with Crippen LogP contribution in [0.5, 0.6) is 0 Å². The Morgan fingerprint density at radius 2 is 2.11 bits per heavy atom. The van der Waals surface area contributed by atoms with Gasteiger partial charge in [0.2, 0.25) is 5.91 Å². The maximum absolute atomic E-state index is 12.1. The molecule has 19 heavy (non-hydrogen) atoms. The molecule has 5 heteroatoms. The van der Waals surface area contributed by atoms with E-state index in [1.807, 2.05) is 6.92 Å². The fraction of sp³-hybridized carbons (Fsp3) is 0.357. The SMILES string of the molecule is CCC(Br)C(=O)c1ccc2c(c1)C(=O)N(C)C(=O)C2. The maximum atomic E-state index is 12.1. The first kappa shape index (κ1) is 13.9. The molecule has 0 N–H and O–H groups in total. The van der Waals surface area contributed by atoms with Crippen molar-refractivity contribution in [1.29, 1.82) is 0 Å². The van der Waals surface area contributed by atoms with Gasteiger partial charge >= 0.3 is 0 Å². The molecular weight excluding hydrogens is 310 g/mol. The van der Waals surface area contributed by atoms with Gasteiger partial charge in [0.15, 0.2) is 5.78 Å². The molecule has 1 aromatic carbocycles. The van der Waals surface area contributed by atoms with Crippen LogP contribution in [0.1, 0.15) is 39.6 Å². The zero-order chi connectivity index (χ0) is 14.2. The average Bonchev–Trinajstić information content (AvgIpc) is 2.43. The van der Waals surface area contributed by atoms with E-state index >= 15 is 0 Å². The van der Waals surface area contributed by atoms with E-state index in [4.69, 9.17) is 0 Å². The van der Waals surface area contributed by atoms with Crippen molar-refractivity contribution in [3.8, 4) is 0 Å². The van der Waals surface area contributed by atoms with Gasteiger partial charge in [-0.15, -0.1) is 0 Å². The molecule has 0 aliphatic carbocycles. The van der Waals surface area contributed by atoms with Crippen molar-refractivity contribution in [3.63, 3.8) is 0 Å². The minimum absolute atomic E-state index is 0.0438. The normalized spacial score (nSPS) is 16.3. The van der Waals surface area contributed by atoms with Crippen LogP contribution in [0.15, 0.2) is 18.2 Å². The van der Waals surface area contributed by atoms with Gasteiger partial charge in [-0.2, -0.15) is 0 Å². The first-order valence-electron chi connectivity index (χ1n) is 6.07. The summed E-state index contributed by atoms with van der Waals surface area (Å²) in [6.45, 7) is 1.91. The van der Waals surface area contributed by atoms with Gasteiger partial charge in [-0.3, -0.25) is 19.3 Å². The number of hydrogen-bond donors (Lipinski definition) is 0. The summed E-state index contributed by atoms with van der Waals surface area (Å²) in [7, 11) is 1.46. The number of hydrogen-bond acceptors (Lipinski definition) is 3. The molecule has 1 aromatic rings. The van der Waals surface area contributed by atoms with Gasteiger partial charge in [0, 0.05) is 18.2 Å². The van der Waals surface area contributed by atoms with Crippen LogP contribution >= 0.6 is 15.9 Å². The van der Waals surface area contributed by atoms with E-state index in [1.54, 1.807) is 18.2 Å². The molecule has 2 rings (SSSR count). The standard InChI is InChI=1S/C14H14BrNO3/c1-3-11(15)13(18)9-5-4-8-7-12(17)16(2)14(19)10(8)6-9/h4-6,11H,3,7H2,1-2H3. The van der Waals surface area contributed by atoms with E-state index in [0.717, 1.165) is 4.90 Å². The first-order chi connectivity index (χ1) is 8.95. The lowest BCUT2D eigenvalue weighted by Gasteiger charge is -2.23. The summed E-state index contributed by atoms with van der Waals surface area (Å²) in [5, 5.41) is 0. The number of fused-ring (bicyclic) bond motifs is 1. The van der Waals surface area contributed by atoms with Crippen molar-refractivity contribution in [2.24, 2.45) is 0 Å². The molecular formula is C14H14BrNO3. The number of alkyl halides is 1. The fourth-order valence-electron chi connectivity index (χ4n) is 2.02. The summed E-state index contributed by atoms with van der Waals surface area (Å²) < 4.78 is 0. The number of halogens is 1. The molecule has 1 atom stereocenters.